The Labute approximate surface area is 73.3 Å². The Morgan fingerprint density at radius 3 is 2.67 bits per heavy atom. The van der Waals surface area contributed by atoms with Crippen LogP contribution in [0.4, 0.5) is 0 Å². The van der Waals surface area contributed by atoms with Crippen LogP contribution in [0.3, 0.4) is 0 Å². The average molecular weight is 171 g/mol. The maximum atomic E-state index is 10.5. The lowest BCUT2D eigenvalue weighted by Gasteiger charge is -2.23. The molecule has 12 heavy (non-hydrogen) atoms. The van der Waals surface area contributed by atoms with E-state index in [2.05, 4.69) is 0 Å². The lowest BCUT2D eigenvalue weighted by atomic mass is 9.90. The molecule has 1 aliphatic rings. The molecule has 70 valence electrons. The van der Waals surface area contributed by atoms with Crippen molar-refractivity contribution < 1.29 is 9.53 Å². The van der Waals surface area contributed by atoms with Crippen LogP contribution in [-0.2, 0) is 9.53 Å². The fourth-order valence-corrected chi connectivity index (χ4v) is 1.62. The van der Waals surface area contributed by atoms with E-state index in [1.807, 2.05) is 0 Å². The third kappa shape index (κ3) is 2.91. The standard InChI is InChI=1S/C9H17NO2/c10-6-9(7-11)5-8-1-3-12-4-2-8/h7-9H,1-6,10H2. The van der Waals surface area contributed by atoms with E-state index in [9.17, 15) is 4.79 Å². The summed E-state index contributed by atoms with van der Waals surface area (Å²) in [6, 6.07) is 0. The molecule has 0 saturated carbocycles. The highest BCUT2D eigenvalue weighted by molar-refractivity contribution is 5.53. The zero-order valence-corrected chi connectivity index (χ0v) is 7.37. The average Bonchev–Trinajstić information content (AvgIpc) is 2.16. The SMILES string of the molecule is NCC(C=O)CC1CCOCC1. The van der Waals surface area contributed by atoms with Gasteiger partial charge in [0.2, 0.25) is 0 Å². The highest BCUT2D eigenvalue weighted by atomic mass is 16.5. The van der Waals surface area contributed by atoms with Gasteiger partial charge in [-0.05, 0) is 25.2 Å². The number of hydrogen-bond acceptors (Lipinski definition) is 3. The number of hydrogen-bond donors (Lipinski definition) is 1. The number of nitrogens with two attached hydrogens (primary N) is 1. The van der Waals surface area contributed by atoms with Crippen LogP contribution in [0.15, 0.2) is 0 Å². The molecule has 1 rings (SSSR count). The first-order chi connectivity index (χ1) is 5.86. The summed E-state index contributed by atoms with van der Waals surface area (Å²) in [6.45, 7) is 2.18. The van der Waals surface area contributed by atoms with E-state index < -0.39 is 0 Å². The van der Waals surface area contributed by atoms with Crippen LogP contribution in [0.1, 0.15) is 19.3 Å². The molecule has 0 amide bonds. The largest absolute Gasteiger partial charge is 0.381 e. The second-order valence-electron chi connectivity index (χ2n) is 3.42. The summed E-state index contributed by atoms with van der Waals surface area (Å²) in [6.07, 6.45) is 4.10. The lowest BCUT2D eigenvalue weighted by molar-refractivity contribution is -0.111. The van der Waals surface area contributed by atoms with Crippen molar-refractivity contribution in [2.45, 2.75) is 19.3 Å². The normalized spacial score (nSPS) is 22.1. The van der Waals surface area contributed by atoms with Crippen molar-refractivity contribution in [1.82, 2.24) is 0 Å². The van der Waals surface area contributed by atoms with Crippen molar-refractivity contribution >= 4 is 6.29 Å². The van der Waals surface area contributed by atoms with E-state index >= 15 is 0 Å². The van der Waals surface area contributed by atoms with Gasteiger partial charge in [0.25, 0.3) is 0 Å². The predicted octanol–water partition coefficient (Wildman–Crippen LogP) is 0.577. The van der Waals surface area contributed by atoms with Gasteiger partial charge < -0.3 is 15.3 Å². The summed E-state index contributed by atoms with van der Waals surface area (Å²) in [5, 5.41) is 0. The Kier molecular flexibility index (Phi) is 4.25. The molecule has 0 aromatic rings. The highest BCUT2D eigenvalue weighted by Gasteiger charge is 2.17. The van der Waals surface area contributed by atoms with Crippen LogP contribution in [0.5, 0.6) is 0 Å². The zero-order chi connectivity index (χ0) is 8.81. The molecule has 0 spiro atoms. The summed E-state index contributed by atoms with van der Waals surface area (Å²) in [7, 11) is 0. The number of aldehydes is 1. The Morgan fingerprint density at radius 1 is 1.50 bits per heavy atom. The molecular formula is C9H17NO2. The van der Waals surface area contributed by atoms with E-state index in [0.29, 0.717) is 12.5 Å². The fraction of sp³-hybridized carbons (Fsp3) is 0.889. The van der Waals surface area contributed by atoms with E-state index in [-0.39, 0.29) is 5.92 Å². The molecule has 0 bridgehead atoms. The molecule has 1 saturated heterocycles. The Morgan fingerprint density at radius 2 is 2.17 bits per heavy atom. The molecular weight excluding hydrogens is 154 g/mol. The Hall–Kier alpha value is -0.410. The van der Waals surface area contributed by atoms with Crippen LogP contribution in [0.2, 0.25) is 0 Å². The van der Waals surface area contributed by atoms with Gasteiger partial charge >= 0.3 is 0 Å². The molecule has 0 radical (unpaired) electrons. The van der Waals surface area contributed by atoms with Crippen LogP contribution < -0.4 is 5.73 Å². The van der Waals surface area contributed by atoms with Gasteiger partial charge in [0.1, 0.15) is 6.29 Å². The third-order valence-corrected chi connectivity index (χ3v) is 2.47. The fourth-order valence-electron chi connectivity index (χ4n) is 1.62. The molecule has 1 heterocycles. The van der Waals surface area contributed by atoms with Gasteiger partial charge in [0.05, 0.1) is 0 Å². The molecule has 2 N–H and O–H groups in total. The molecule has 0 aromatic carbocycles. The van der Waals surface area contributed by atoms with E-state index in [4.69, 9.17) is 10.5 Å². The van der Waals surface area contributed by atoms with E-state index in [1.165, 1.54) is 0 Å². The molecule has 1 fully saturated rings. The van der Waals surface area contributed by atoms with Crippen molar-refractivity contribution in [3.8, 4) is 0 Å². The maximum absolute atomic E-state index is 10.5. The number of ether oxygens (including phenoxy) is 1. The summed E-state index contributed by atoms with van der Waals surface area (Å²) in [5.41, 5.74) is 5.44. The van der Waals surface area contributed by atoms with Gasteiger partial charge in [0.15, 0.2) is 0 Å². The van der Waals surface area contributed by atoms with Crippen LogP contribution >= 0.6 is 0 Å². The van der Waals surface area contributed by atoms with Crippen molar-refractivity contribution in [1.29, 1.82) is 0 Å². The first-order valence-corrected chi connectivity index (χ1v) is 4.60. The van der Waals surface area contributed by atoms with Crippen molar-refractivity contribution in [3.63, 3.8) is 0 Å². The minimum Gasteiger partial charge on any atom is -0.381 e. The Balaban J connectivity index is 2.22. The molecule has 1 atom stereocenters. The second-order valence-corrected chi connectivity index (χ2v) is 3.42. The highest BCUT2D eigenvalue weighted by Crippen LogP contribution is 2.21. The number of carbonyl (C=O) groups is 1. The van der Waals surface area contributed by atoms with Crippen LogP contribution in [0, 0.1) is 11.8 Å². The van der Waals surface area contributed by atoms with Crippen LogP contribution in [0.25, 0.3) is 0 Å². The summed E-state index contributed by atoms with van der Waals surface area (Å²) >= 11 is 0. The summed E-state index contributed by atoms with van der Waals surface area (Å²) < 4.78 is 5.23. The third-order valence-electron chi connectivity index (χ3n) is 2.47. The molecule has 0 aromatic heterocycles. The summed E-state index contributed by atoms with van der Waals surface area (Å²) in [4.78, 5) is 10.5. The molecule has 1 unspecified atom stereocenters. The Bertz CT molecular complexity index is 132. The quantitative estimate of drug-likeness (QED) is 0.629. The monoisotopic (exact) mass is 171 g/mol. The van der Waals surface area contributed by atoms with Gasteiger partial charge in [0, 0.05) is 25.7 Å². The van der Waals surface area contributed by atoms with Gasteiger partial charge in [-0.1, -0.05) is 0 Å². The van der Waals surface area contributed by atoms with Crippen molar-refractivity contribution in [2.24, 2.45) is 17.6 Å². The van der Waals surface area contributed by atoms with E-state index in [0.717, 1.165) is 38.8 Å². The minimum atomic E-state index is 0.0631. The number of rotatable bonds is 4. The van der Waals surface area contributed by atoms with Gasteiger partial charge in [-0.15, -0.1) is 0 Å². The minimum absolute atomic E-state index is 0.0631. The summed E-state index contributed by atoms with van der Waals surface area (Å²) in [5.74, 6) is 0.714. The van der Waals surface area contributed by atoms with E-state index in [1.54, 1.807) is 0 Å². The molecule has 0 aliphatic carbocycles. The first-order valence-electron chi connectivity index (χ1n) is 4.60. The van der Waals surface area contributed by atoms with Gasteiger partial charge in [-0.2, -0.15) is 0 Å². The van der Waals surface area contributed by atoms with Gasteiger partial charge in [-0.3, -0.25) is 0 Å². The van der Waals surface area contributed by atoms with Crippen LogP contribution in [-0.4, -0.2) is 26.0 Å². The predicted molar refractivity (Wildman–Crippen MR) is 46.8 cm³/mol. The van der Waals surface area contributed by atoms with Gasteiger partial charge in [-0.25, -0.2) is 0 Å². The number of carbonyl (C=O) groups excluding carboxylic acids is 1. The van der Waals surface area contributed by atoms with Crippen molar-refractivity contribution in [2.75, 3.05) is 19.8 Å². The smallest absolute Gasteiger partial charge is 0.124 e. The first kappa shape index (κ1) is 9.68. The van der Waals surface area contributed by atoms with Crippen molar-refractivity contribution in [3.05, 3.63) is 0 Å². The topological polar surface area (TPSA) is 52.3 Å². The molecule has 3 heteroatoms. The zero-order valence-electron chi connectivity index (χ0n) is 7.37. The molecule has 1 aliphatic heterocycles. The molecule has 3 nitrogen and oxygen atoms in total. The lowest BCUT2D eigenvalue weighted by Crippen LogP contribution is -2.23. The maximum Gasteiger partial charge on any atom is 0.124 e. The second kappa shape index (κ2) is 5.27.